The Hall–Kier alpha value is -2.20. The maximum absolute atomic E-state index is 6.07. The van der Waals surface area contributed by atoms with Gasteiger partial charge in [-0.25, -0.2) is 4.98 Å². The van der Waals surface area contributed by atoms with Crippen molar-refractivity contribution >= 4 is 28.4 Å². The monoisotopic (exact) mass is 288 g/mol. The van der Waals surface area contributed by atoms with Crippen molar-refractivity contribution in [3.63, 3.8) is 0 Å². The van der Waals surface area contributed by atoms with E-state index in [1.165, 1.54) is 0 Å². The Balaban J connectivity index is 1.83. The average Bonchev–Trinajstić information content (AvgIpc) is 2.84. The van der Waals surface area contributed by atoms with Crippen molar-refractivity contribution in [1.82, 2.24) is 4.98 Å². The van der Waals surface area contributed by atoms with Gasteiger partial charge in [0.2, 0.25) is 5.89 Å². The summed E-state index contributed by atoms with van der Waals surface area (Å²) in [5.74, 6) is 1.08. The molecule has 3 rings (SSSR count). The topological polar surface area (TPSA) is 61.3 Å². The fraction of sp³-hybridized carbons (Fsp3) is 0.133. The summed E-state index contributed by atoms with van der Waals surface area (Å²) in [6.45, 7) is 2.18. The molecule has 0 aliphatic rings. The third kappa shape index (κ3) is 2.42. The molecular weight excluding hydrogens is 276 g/mol. The number of ether oxygens (including phenoxy) is 1. The van der Waals surface area contributed by atoms with E-state index in [1.807, 2.05) is 31.2 Å². The first-order valence-corrected chi connectivity index (χ1v) is 6.54. The summed E-state index contributed by atoms with van der Waals surface area (Å²) in [4.78, 5) is 4.32. The van der Waals surface area contributed by atoms with Crippen LogP contribution in [-0.2, 0) is 6.61 Å². The van der Waals surface area contributed by atoms with Crippen molar-refractivity contribution in [2.24, 2.45) is 0 Å². The standard InChI is InChI=1S/C15H13ClN2O2/c1-9-5-6-10(16)13(7-9)19-8-14-18-15-11(17)3-2-4-12(15)20-14/h2-7H,8,17H2,1H3. The molecule has 0 aliphatic carbocycles. The lowest BCUT2D eigenvalue weighted by atomic mass is 10.2. The summed E-state index contributed by atoms with van der Waals surface area (Å²) >= 11 is 6.07. The quantitative estimate of drug-likeness (QED) is 0.741. The van der Waals surface area contributed by atoms with Crippen LogP contribution in [0.15, 0.2) is 40.8 Å². The molecule has 4 nitrogen and oxygen atoms in total. The lowest BCUT2D eigenvalue weighted by Gasteiger charge is -2.06. The van der Waals surface area contributed by atoms with Crippen molar-refractivity contribution in [1.29, 1.82) is 0 Å². The van der Waals surface area contributed by atoms with E-state index in [0.29, 0.717) is 33.4 Å². The van der Waals surface area contributed by atoms with Crippen LogP contribution >= 0.6 is 11.6 Å². The second-order valence-corrected chi connectivity index (χ2v) is 4.93. The van der Waals surface area contributed by atoms with Gasteiger partial charge in [-0.05, 0) is 36.8 Å². The van der Waals surface area contributed by atoms with Crippen molar-refractivity contribution in [2.45, 2.75) is 13.5 Å². The minimum Gasteiger partial charge on any atom is -0.482 e. The van der Waals surface area contributed by atoms with E-state index in [0.717, 1.165) is 5.56 Å². The Morgan fingerprint density at radius 2 is 2.15 bits per heavy atom. The van der Waals surface area contributed by atoms with Gasteiger partial charge in [0.1, 0.15) is 11.3 Å². The van der Waals surface area contributed by atoms with Gasteiger partial charge in [-0.2, -0.15) is 0 Å². The number of rotatable bonds is 3. The highest BCUT2D eigenvalue weighted by Crippen LogP contribution is 2.27. The summed E-state index contributed by atoms with van der Waals surface area (Å²) in [5.41, 5.74) is 8.81. The largest absolute Gasteiger partial charge is 0.482 e. The number of hydrogen-bond acceptors (Lipinski definition) is 4. The number of fused-ring (bicyclic) bond motifs is 1. The van der Waals surface area contributed by atoms with Crippen LogP contribution in [0.25, 0.3) is 11.1 Å². The fourth-order valence-electron chi connectivity index (χ4n) is 1.94. The van der Waals surface area contributed by atoms with E-state index in [9.17, 15) is 0 Å². The normalized spacial score (nSPS) is 10.9. The summed E-state index contributed by atoms with van der Waals surface area (Å²) in [7, 11) is 0. The maximum Gasteiger partial charge on any atom is 0.233 e. The Morgan fingerprint density at radius 3 is 2.95 bits per heavy atom. The van der Waals surface area contributed by atoms with Crippen molar-refractivity contribution < 1.29 is 9.15 Å². The Kier molecular flexibility index (Phi) is 3.24. The van der Waals surface area contributed by atoms with E-state index in [4.69, 9.17) is 26.5 Å². The van der Waals surface area contributed by atoms with Crippen molar-refractivity contribution in [2.75, 3.05) is 5.73 Å². The lowest BCUT2D eigenvalue weighted by Crippen LogP contribution is -1.96. The van der Waals surface area contributed by atoms with Crippen LogP contribution in [0, 0.1) is 6.92 Å². The van der Waals surface area contributed by atoms with Gasteiger partial charge >= 0.3 is 0 Å². The van der Waals surface area contributed by atoms with Gasteiger partial charge in [0.05, 0.1) is 10.7 Å². The van der Waals surface area contributed by atoms with Crippen LogP contribution in [0.1, 0.15) is 11.5 Å². The number of oxazole rings is 1. The number of aryl methyl sites for hydroxylation is 1. The Morgan fingerprint density at radius 1 is 1.30 bits per heavy atom. The second-order valence-electron chi connectivity index (χ2n) is 4.52. The highest BCUT2D eigenvalue weighted by atomic mass is 35.5. The number of aromatic nitrogens is 1. The number of nitrogen functional groups attached to an aromatic ring is 1. The summed E-state index contributed by atoms with van der Waals surface area (Å²) in [6.07, 6.45) is 0. The first-order chi connectivity index (χ1) is 9.63. The van der Waals surface area contributed by atoms with Crippen LogP contribution in [0.3, 0.4) is 0 Å². The lowest BCUT2D eigenvalue weighted by molar-refractivity contribution is 0.267. The molecule has 0 unspecified atom stereocenters. The number of nitrogens with zero attached hydrogens (tertiary/aromatic N) is 1. The third-order valence-corrected chi connectivity index (χ3v) is 3.24. The second kappa shape index (κ2) is 5.06. The van der Waals surface area contributed by atoms with E-state index >= 15 is 0 Å². The molecule has 0 fully saturated rings. The van der Waals surface area contributed by atoms with Crippen molar-refractivity contribution in [3.05, 3.63) is 52.9 Å². The zero-order valence-corrected chi connectivity index (χ0v) is 11.6. The number of nitrogens with two attached hydrogens (primary N) is 1. The van der Waals surface area contributed by atoms with Gasteiger partial charge in [0, 0.05) is 0 Å². The molecule has 2 aromatic carbocycles. The zero-order chi connectivity index (χ0) is 14.1. The Labute approximate surface area is 121 Å². The summed E-state index contributed by atoms with van der Waals surface area (Å²) in [5, 5.41) is 0.561. The number of hydrogen-bond donors (Lipinski definition) is 1. The number of para-hydroxylation sites is 1. The molecule has 1 heterocycles. The molecule has 0 aliphatic heterocycles. The van der Waals surface area contributed by atoms with Gasteiger partial charge in [0.15, 0.2) is 12.2 Å². The number of anilines is 1. The van der Waals surface area contributed by atoms with Gasteiger partial charge in [0.25, 0.3) is 0 Å². The molecule has 0 saturated carbocycles. The summed E-state index contributed by atoms with van der Waals surface area (Å²) < 4.78 is 11.2. The van der Waals surface area contributed by atoms with Crippen LogP contribution in [0.5, 0.6) is 5.75 Å². The molecule has 1 aromatic heterocycles. The van der Waals surface area contributed by atoms with E-state index in [2.05, 4.69) is 4.98 Å². The van der Waals surface area contributed by atoms with E-state index < -0.39 is 0 Å². The first-order valence-electron chi connectivity index (χ1n) is 6.16. The fourth-order valence-corrected chi connectivity index (χ4v) is 2.11. The third-order valence-electron chi connectivity index (χ3n) is 2.93. The molecule has 5 heteroatoms. The number of benzene rings is 2. The molecule has 0 spiro atoms. The molecule has 2 N–H and O–H groups in total. The average molecular weight is 289 g/mol. The van der Waals surface area contributed by atoms with Crippen LogP contribution in [0.4, 0.5) is 5.69 Å². The van der Waals surface area contributed by atoms with Gasteiger partial charge < -0.3 is 14.9 Å². The van der Waals surface area contributed by atoms with Gasteiger partial charge in [-0.1, -0.05) is 23.7 Å². The molecule has 0 bridgehead atoms. The van der Waals surface area contributed by atoms with Crippen molar-refractivity contribution in [3.8, 4) is 5.75 Å². The molecule has 0 radical (unpaired) electrons. The molecule has 0 atom stereocenters. The molecule has 3 aromatic rings. The predicted octanol–water partition coefficient (Wildman–Crippen LogP) is 3.95. The molecule has 20 heavy (non-hydrogen) atoms. The van der Waals surface area contributed by atoms with Crippen LogP contribution in [-0.4, -0.2) is 4.98 Å². The minimum atomic E-state index is 0.206. The van der Waals surface area contributed by atoms with E-state index in [-0.39, 0.29) is 6.61 Å². The smallest absolute Gasteiger partial charge is 0.233 e. The minimum absolute atomic E-state index is 0.206. The van der Waals surface area contributed by atoms with Crippen LogP contribution < -0.4 is 10.5 Å². The zero-order valence-electron chi connectivity index (χ0n) is 10.9. The van der Waals surface area contributed by atoms with Gasteiger partial charge in [-0.15, -0.1) is 0 Å². The molecule has 0 saturated heterocycles. The SMILES string of the molecule is Cc1ccc(Cl)c(OCc2nc3c(N)cccc3o2)c1. The highest BCUT2D eigenvalue weighted by Gasteiger charge is 2.09. The van der Waals surface area contributed by atoms with Gasteiger partial charge in [-0.3, -0.25) is 0 Å². The first kappa shape index (κ1) is 12.8. The Bertz CT molecular complexity index is 768. The van der Waals surface area contributed by atoms with E-state index in [1.54, 1.807) is 12.1 Å². The summed E-state index contributed by atoms with van der Waals surface area (Å²) in [6, 6.07) is 11.0. The molecule has 0 amide bonds. The molecule has 102 valence electrons. The molecular formula is C15H13ClN2O2. The van der Waals surface area contributed by atoms with Crippen LogP contribution in [0.2, 0.25) is 5.02 Å². The highest BCUT2D eigenvalue weighted by molar-refractivity contribution is 6.32. The maximum atomic E-state index is 6.07. The predicted molar refractivity (Wildman–Crippen MR) is 78.9 cm³/mol. The number of halogens is 1.